The van der Waals surface area contributed by atoms with Crippen LogP contribution >= 0.6 is 0 Å². The molecule has 0 radical (unpaired) electrons. The molecule has 3 N–H and O–H groups in total. The number of carboxylic acids is 1. The van der Waals surface area contributed by atoms with Crippen LogP contribution in [0.15, 0.2) is 29.2 Å². The first-order valence-corrected chi connectivity index (χ1v) is 7.82. The standard InChI is InChI=1S/C17H23N3O4/c1-19(2)20-11-14(17(22)23)16(21)13-10-12(5-6-15(13)20)4-3-8-24-9-7-18/h5-6,10-11H,3-4,7-9,18H2,1-2H3,(H,22,23). The molecular formula is C17H23N3O4. The SMILES string of the molecule is CN(C)n1cc(C(=O)O)c(=O)c2cc(CCCOCCN)ccc21. The molecule has 0 bridgehead atoms. The zero-order chi connectivity index (χ0) is 17.7. The number of aromatic carboxylic acids is 1. The van der Waals surface area contributed by atoms with E-state index in [2.05, 4.69) is 0 Å². The molecule has 0 spiro atoms. The molecule has 0 unspecified atom stereocenters. The summed E-state index contributed by atoms with van der Waals surface area (Å²) in [7, 11) is 3.58. The van der Waals surface area contributed by atoms with E-state index < -0.39 is 11.4 Å². The van der Waals surface area contributed by atoms with Crippen molar-refractivity contribution in [2.45, 2.75) is 12.8 Å². The lowest BCUT2D eigenvalue weighted by Crippen LogP contribution is -2.29. The van der Waals surface area contributed by atoms with E-state index in [0.717, 1.165) is 18.4 Å². The van der Waals surface area contributed by atoms with Crippen LogP contribution in [0.1, 0.15) is 22.3 Å². The number of hydrogen-bond donors (Lipinski definition) is 2. The van der Waals surface area contributed by atoms with Crippen LogP contribution < -0.4 is 16.2 Å². The quantitative estimate of drug-likeness (QED) is 0.694. The topological polar surface area (TPSA) is 97.8 Å². The van der Waals surface area contributed by atoms with E-state index in [-0.39, 0.29) is 5.56 Å². The van der Waals surface area contributed by atoms with Gasteiger partial charge in [-0.2, -0.15) is 0 Å². The van der Waals surface area contributed by atoms with Gasteiger partial charge in [-0.1, -0.05) is 6.07 Å². The summed E-state index contributed by atoms with van der Waals surface area (Å²) >= 11 is 0. The molecule has 0 amide bonds. The summed E-state index contributed by atoms with van der Waals surface area (Å²) in [6.45, 7) is 1.64. The lowest BCUT2D eigenvalue weighted by molar-refractivity contribution is 0.0695. The number of aromatic nitrogens is 1. The third kappa shape index (κ3) is 3.93. The first-order chi connectivity index (χ1) is 11.5. The van der Waals surface area contributed by atoms with Gasteiger partial charge in [-0.25, -0.2) is 4.79 Å². The molecule has 0 atom stereocenters. The largest absolute Gasteiger partial charge is 0.477 e. The van der Waals surface area contributed by atoms with E-state index in [1.807, 2.05) is 12.1 Å². The molecule has 1 aromatic carbocycles. The van der Waals surface area contributed by atoms with Crippen molar-refractivity contribution in [3.63, 3.8) is 0 Å². The molecule has 1 heterocycles. The summed E-state index contributed by atoms with van der Waals surface area (Å²) in [4.78, 5) is 23.8. The first-order valence-electron chi connectivity index (χ1n) is 7.82. The van der Waals surface area contributed by atoms with Crippen molar-refractivity contribution in [3.05, 3.63) is 45.7 Å². The molecule has 7 heteroatoms. The molecule has 0 aliphatic rings. The summed E-state index contributed by atoms with van der Waals surface area (Å²) in [6.07, 6.45) is 2.92. The molecular weight excluding hydrogens is 310 g/mol. The van der Waals surface area contributed by atoms with Crippen molar-refractivity contribution < 1.29 is 14.6 Å². The van der Waals surface area contributed by atoms with Gasteiger partial charge in [0.2, 0.25) is 5.43 Å². The van der Waals surface area contributed by atoms with Crippen LogP contribution in [0.4, 0.5) is 0 Å². The molecule has 130 valence electrons. The molecule has 24 heavy (non-hydrogen) atoms. The number of benzene rings is 1. The van der Waals surface area contributed by atoms with Crippen LogP contribution in [0.5, 0.6) is 0 Å². The van der Waals surface area contributed by atoms with Crippen molar-refractivity contribution >= 4 is 16.9 Å². The van der Waals surface area contributed by atoms with Crippen molar-refractivity contribution in [2.24, 2.45) is 5.73 Å². The van der Waals surface area contributed by atoms with Crippen LogP contribution in [0.25, 0.3) is 10.9 Å². The molecule has 1 aromatic heterocycles. The summed E-state index contributed by atoms with van der Waals surface area (Å²) in [5, 5.41) is 11.4. The number of hydrogen-bond acceptors (Lipinski definition) is 5. The van der Waals surface area contributed by atoms with Crippen molar-refractivity contribution in [1.29, 1.82) is 0 Å². The maximum Gasteiger partial charge on any atom is 0.341 e. The van der Waals surface area contributed by atoms with Crippen molar-refractivity contribution in [1.82, 2.24) is 4.68 Å². The fraction of sp³-hybridized carbons (Fsp3) is 0.412. The second-order valence-electron chi connectivity index (χ2n) is 5.72. The second kappa shape index (κ2) is 7.94. The molecule has 0 saturated heterocycles. The van der Waals surface area contributed by atoms with E-state index in [4.69, 9.17) is 10.5 Å². The summed E-state index contributed by atoms with van der Waals surface area (Å²) in [5.74, 6) is -1.22. The zero-order valence-corrected chi connectivity index (χ0v) is 14.0. The third-order valence-electron chi connectivity index (χ3n) is 3.73. The van der Waals surface area contributed by atoms with Crippen LogP contribution in [-0.2, 0) is 11.2 Å². The lowest BCUT2D eigenvalue weighted by Gasteiger charge is -2.20. The maximum atomic E-state index is 12.5. The molecule has 7 nitrogen and oxygen atoms in total. The first kappa shape index (κ1) is 18.0. The molecule has 0 saturated carbocycles. The van der Waals surface area contributed by atoms with Crippen molar-refractivity contribution in [2.75, 3.05) is 38.9 Å². The van der Waals surface area contributed by atoms with Gasteiger partial charge in [-0.15, -0.1) is 0 Å². The van der Waals surface area contributed by atoms with Gasteiger partial charge in [0, 0.05) is 38.8 Å². The fourth-order valence-electron chi connectivity index (χ4n) is 2.56. The lowest BCUT2D eigenvalue weighted by atomic mass is 10.0. The Hall–Kier alpha value is -2.38. The number of carbonyl (C=O) groups is 1. The Balaban J connectivity index is 2.38. The summed E-state index contributed by atoms with van der Waals surface area (Å²) in [6, 6.07) is 5.57. The predicted molar refractivity (Wildman–Crippen MR) is 93.4 cm³/mol. The smallest absolute Gasteiger partial charge is 0.341 e. The van der Waals surface area contributed by atoms with Gasteiger partial charge in [0.15, 0.2) is 0 Å². The monoisotopic (exact) mass is 333 g/mol. The predicted octanol–water partition coefficient (Wildman–Crippen LogP) is 0.805. The van der Waals surface area contributed by atoms with Gasteiger partial charge in [-0.05, 0) is 30.5 Å². The highest BCUT2D eigenvalue weighted by Crippen LogP contribution is 2.16. The van der Waals surface area contributed by atoms with E-state index >= 15 is 0 Å². The molecule has 2 aromatic rings. The number of aryl methyl sites for hydroxylation is 1. The number of pyridine rings is 1. The van der Waals surface area contributed by atoms with Gasteiger partial charge in [0.1, 0.15) is 5.56 Å². The normalized spacial score (nSPS) is 11.0. The van der Waals surface area contributed by atoms with Gasteiger partial charge < -0.3 is 20.6 Å². The Labute approximate surface area is 140 Å². The van der Waals surface area contributed by atoms with E-state index in [0.29, 0.717) is 30.7 Å². The van der Waals surface area contributed by atoms with Gasteiger partial charge >= 0.3 is 5.97 Å². The van der Waals surface area contributed by atoms with E-state index in [9.17, 15) is 14.7 Å². The van der Waals surface area contributed by atoms with Crippen LogP contribution in [0.3, 0.4) is 0 Å². The highest BCUT2D eigenvalue weighted by molar-refractivity contribution is 5.92. The number of ether oxygens (including phenoxy) is 1. The van der Waals surface area contributed by atoms with Gasteiger partial charge in [0.25, 0.3) is 0 Å². The van der Waals surface area contributed by atoms with Crippen molar-refractivity contribution in [3.8, 4) is 0 Å². The van der Waals surface area contributed by atoms with Crippen LogP contribution in [-0.4, -0.2) is 49.6 Å². The molecule has 0 fully saturated rings. The number of nitrogens with zero attached hydrogens (tertiary/aromatic N) is 2. The van der Waals surface area contributed by atoms with Crippen LogP contribution in [0.2, 0.25) is 0 Å². The molecule has 0 aliphatic heterocycles. The van der Waals surface area contributed by atoms with E-state index in [1.54, 1.807) is 29.8 Å². The molecule has 2 rings (SSSR count). The Morgan fingerprint density at radius 3 is 2.71 bits per heavy atom. The average molecular weight is 333 g/mol. The average Bonchev–Trinajstić information content (AvgIpc) is 2.54. The maximum absolute atomic E-state index is 12.5. The highest BCUT2D eigenvalue weighted by atomic mass is 16.5. The minimum absolute atomic E-state index is 0.236. The van der Waals surface area contributed by atoms with E-state index in [1.165, 1.54) is 6.20 Å². The summed E-state index contributed by atoms with van der Waals surface area (Å²) < 4.78 is 7.00. The Kier molecular flexibility index (Phi) is 5.94. The number of rotatable bonds is 8. The third-order valence-corrected chi connectivity index (χ3v) is 3.73. The Morgan fingerprint density at radius 1 is 1.33 bits per heavy atom. The minimum atomic E-state index is -1.22. The van der Waals surface area contributed by atoms with Crippen LogP contribution in [0, 0.1) is 0 Å². The Bertz CT molecular complexity index is 783. The number of nitrogens with two attached hydrogens (primary N) is 1. The van der Waals surface area contributed by atoms with Gasteiger partial charge in [0.05, 0.1) is 12.1 Å². The fourth-order valence-corrected chi connectivity index (χ4v) is 2.56. The Morgan fingerprint density at radius 2 is 2.08 bits per heavy atom. The number of fused-ring (bicyclic) bond motifs is 1. The minimum Gasteiger partial charge on any atom is -0.477 e. The highest BCUT2D eigenvalue weighted by Gasteiger charge is 2.15. The summed E-state index contributed by atoms with van der Waals surface area (Å²) in [5.41, 5.74) is 6.32. The number of carboxylic acid groups (broad SMARTS) is 1. The zero-order valence-electron chi connectivity index (χ0n) is 14.0. The second-order valence-corrected chi connectivity index (χ2v) is 5.72. The van der Waals surface area contributed by atoms with Gasteiger partial charge in [-0.3, -0.25) is 9.47 Å². The molecule has 0 aliphatic carbocycles.